The molecule has 3 rings (SSSR count). The zero-order chi connectivity index (χ0) is 17.8. The average molecular weight is 364 g/mol. The van der Waals surface area contributed by atoms with E-state index in [0.717, 1.165) is 37.9 Å². The summed E-state index contributed by atoms with van der Waals surface area (Å²) in [4.78, 5) is 28.9. The highest BCUT2D eigenvalue weighted by molar-refractivity contribution is 7.99. The van der Waals surface area contributed by atoms with Gasteiger partial charge in [-0.05, 0) is 49.1 Å². The zero-order valence-corrected chi connectivity index (χ0v) is 15.4. The van der Waals surface area contributed by atoms with Crippen LogP contribution in [0, 0.1) is 11.7 Å². The number of nitrogens with zero attached hydrogens (tertiary/aromatic N) is 2. The van der Waals surface area contributed by atoms with E-state index in [2.05, 4.69) is 0 Å². The maximum Gasteiger partial charge on any atom is 0.232 e. The van der Waals surface area contributed by atoms with Gasteiger partial charge in [-0.2, -0.15) is 11.8 Å². The molecule has 136 valence electrons. The van der Waals surface area contributed by atoms with Gasteiger partial charge in [0.1, 0.15) is 5.82 Å². The van der Waals surface area contributed by atoms with E-state index < -0.39 is 0 Å². The molecule has 2 saturated heterocycles. The van der Waals surface area contributed by atoms with Gasteiger partial charge in [0.05, 0.1) is 12.2 Å². The number of carbonyl (C=O) groups is 2. The van der Waals surface area contributed by atoms with E-state index >= 15 is 0 Å². The second-order valence-electron chi connectivity index (χ2n) is 6.92. The normalized spacial score (nSPS) is 23.3. The number of amides is 2. The van der Waals surface area contributed by atoms with Crippen molar-refractivity contribution >= 4 is 23.6 Å². The third-order valence-electron chi connectivity index (χ3n) is 5.28. The van der Waals surface area contributed by atoms with Crippen LogP contribution in [0.3, 0.4) is 0 Å². The van der Waals surface area contributed by atoms with Crippen LogP contribution in [0.4, 0.5) is 4.39 Å². The Morgan fingerprint density at radius 2 is 1.92 bits per heavy atom. The van der Waals surface area contributed by atoms with E-state index in [9.17, 15) is 14.0 Å². The monoisotopic (exact) mass is 364 g/mol. The largest absolute Gasteiger partial charge is 0.342 e. The van der Waals surface area contributed by atoms with E-state index in [1.165, 1.54) is 12.1 Å². The van der Waals surface area contributed by atoms with Crippen molar-refractivity contribution in [2.45, 2.75) is 31.7 Å². The van der Waals surface area contributed by atoms with Gasteiger partial charge in [-0.1, -0.05) is 12.1 Å². The molecule has 0 radical (unpaired) electrons. The van der Waals surface area contributed by atoms with Crippen molar-refractivity contribution in [3.63, 3.8) is 0 Å². The summed E-state index contributed by atoms with van der Waals surface area (Å²) in [5.41, 5.74) is 0.842. The molecule has 0 bridgehead atoms. The number of rotatable bonds is 4. The second-order valence-corrected chi connectivity index (χ2v) is 7.79. The molecular weight excluding hydrogens is 339 g/mol. The molecule has 0 saturated carbocycles. The number of benzene rings is 1. The lowest BCUT2D eigenvalue weighted by Crippen LogP contribution is -2.57. The fourth-order valence-electron chi connectivity index (χ4n) is 4.03. The van der Waals surface area contributed by atoms with Crippen LogP contribution in [0.1, 0.15) is 24.8 Å². The number of hydrogen-bond acceptors (Lipinski definition) is 3. The van der Waals surface area contributed by atoms with E-state index in [4.69, 9.17) is 0 Å². The average Bonchev–Trinajstić information content (AvgIpc) is 2.62. The van der Waals surface area contributed by atoms with Crippen LogP contribution >= 0.6 is 11.8 Å². The van der Waals surface area contributed by atoms with Gasteiger partial charge in [0.2, 0.25) is 11.8 Å². The summed E-state index contributed by atoms with van der Waals surface area (Å²) in [5, 5.41) is 0. The maximum atomic E-state index is 13.0. The SMILES string of the molecule is CSCC(=O)N1CCC[C@@H]2CN(C(=O)Cc3ccc(F)cc3)CC[C@H]21. The number of carbonyl (C=O) groups excluding carboxylic acids is 2. The van der Waals surface area contributed by atoms with Crippen LogP contribution in [0.15, 0.2) is 24.3 Å². The second kappa shape index (κ2) is 8.21. The smallest absolute Gasteiger partial charge is 0.232 e. The van der Waals surface area contributed by atoms with Crippen molar-refractivity contribution in [3.05, 3.63) is 35.6 Å². The molecule has 0 spiro atoms. The number of likely N-dealkylation sites (tertiary alicyclic amines) is 2. The zero-order valence-electron chi connectivity index (χ0n) is 14.6. The van der Waals surface area contributed by atoms with Crippen LogP contribution < -0.4 is 0 Å². The van der Waals surface area contributed by atoms with Crippen LogP contribution in [-0.2, 0) is 16.0 Å². The Morgan fingerprint density at radius 3 is 2.64 bits per heavy atom. The third-order valence-corrected chi connectivity index (χ3v) is 5.81. The Hall–Kier alpha value is -1.56. The molecule has 0 aromatic heterocycles. The molecule has 2 heterocycles. The van der Waals surface area contributed by atoms with Crippen molar-refractivity contribution in [3.8, 4) is 0 Å². The van der Waals surface area contributed by atoms with Gasteiger partial charge >= 0.3 is 0 Å². The molecule has 0 N–H and O–H groups in total. The molecule has 1 aromatic rings. The van der Waals surface area contributed by atoms with Gasteiger partial charge in [0.15, 0.2) is 0 Å². The van der Waals surface area contributed by atoms with Gasteiger partial charge < -0.3 is 9.80 Å². The summed E-state index contributed by atoms with van der Waals surface area (Å²) in [7, 11) is 0. The summed E-state index contributed by atoms with van der Waals surface area (Å²) < 4.78 is 13.0. The Morgan fingerprint density at radius 1 is 1.16 bits per heavy atom. The van der Waals surface area contributed by atoms with Crippen molar-refractivity contribution in [1.29, 1.82) is 0 Å². The first-order valence-electron chi connectivity index (χ1n) is 8.89. The Labute approximate surface area is 152 Å². The van der Waals surface area contributed by atoms with Crippen molar-refractivity contribution in [2.75, 3.05) is 31.6 Å². The van der Waals surface area contributed by atoms with Crippen LogP contribution in [0.5, 0.6) is 0 Å². The fourth-order valence-corrected chi connectivity index (χ4v) is 4.45. The number of thioether (sulfide) groups is 1. The molecule has 1 aromatic carbocycles. The van der Waals surface area contributed by atoms with Gasteiger partial charge in [0, 0.05) is 25.7 Å². The van der Waals surface area contributed by atoms with E-state index in [0.29, 0.717) is 24.6 Å². The van der Waals surface area contributed by atoms with E-state index in [-0.39, 0.29) is 23.7 Å². The number of piperidine rings is 2. The first-order valence-corrected chi connectivity index (χ1v) is 10.3. The summed E-state index contributed by atoms with van der Waals surface area (Å²) in [6.07, 6.45) is 5.22. The first kappa shape index (κ1) is 18.2. The Bertz CT molecular complexity index is 622. The predicted octanol–water partition coefficient (Wildman–Crippen LogP) is 2.57. The van der Waals surface area contributed by atoms with Crippen LogP contribution in [-0.4, -0.2) is 59.3 Å². The molecule has 25 heavy (non-hydrogen) atoms. The molecule has 2 aliphatic rings. The van der Waals surface area contributed by atoms with Crippen LogP contribution in [0.25, 0.3) is 0 Å². The third kappa shape index (κ3) is 4.35. The molecule has 2 atom stereocenters. The van der Waals surface area contributed by atoms with Gasteiger partial charge in [0.25, 0.3) is 0 Å². The Kier molecular flexibility index (Phi) is 5.99. The first-order chi connectivity index (χ1) is 12.1. The molecular formula is C19H25FN2O2S. The molecule has 0 unspecified atom stereocenters. The van der Waals surface area contributed by atoms with Crippen molar-refractivity contribution in [2.24, 2.45) is 5.92 Å². The lowest BCUT2D eigenvalue weighted by Gasteiger charge is -2.47. The predicted molar refractivity (Wildman–Crippen MR) is 97.9 cm³/mol. The standard InChI is InChI=1S/C19H25FN2O2S/c1-25-13-19(24)22-9-2-3-15-12-21(10-8-17(15)22)18(23)11-14-4-6-16(20)7-5-14/h4-7,15,17H,2-3,8-13H2,1H3/t15-,17-/m1/s1. The number of hydrogen-bond donors (Lipinski definition) is 0. The van der Waals surface area contributed by atoms with Gasteiger partial charge in [-0.25, -0.2) is 4.39 Å². The van der Waals surface area contributed by atoms with Crippen LogP contribution in [0.2, 0.25) is 0 Å². The Balaban J connectivity index is 1.59. The topological polar surface area (TPSA) is 40.6 Å². The molecule has 2 fully saturated rings. The summed E-state index contributed by atoms with van der Waals surface area (Å²) in [6.45, 7) is 2.28. The summed E-state index contributed by atoms with van der Waals surface area (Å²) in [5.74, 6) is 0.960. The highest BCUT2D eigenvalue weighted by Crippen LogP contribution is 2.31. The molecule has 6 heteroatoms. The minimum absolute atomic E-state index is 0.0950. The van der Waals surface area contributed by atoms with Crippen molar-refractivity contribution < 1.29 is 14.0 Å². The number of halogens is 1. The van der Waals surface area contributed by atoms with E-state index in [1.54, 1.807) is 23.9 Å². The molecule has 0 aliphatic carbocycles. The molecule has 4 nitrogen and oxygen atoms in total. The molecule has 2 amide bonds. The minimum Gasteiger partial charge on any atom is -0.342 e. The minimum atomic E-state index is -0.283. The highest BCUT2D eigenvalue weighted by Gasteiger charge is 2.38. The van der Waals surface area contributed by atoms with Gasteiger partial charge in [-0.3, -0.25) is 9.59 Å². The summed E-state index contributed by atoms with van der Waals surface area (Å²) >= 11 is 1.57. The maximum absolute atomic E-state index is 13.0. The van der Waals surface area contributed by atoms with E-state index in [1.807, 2.05) is 16.1 Å². The highest BCUT2D eigenvalue weighted by atomic mass is 32.2. The lowest BCUT2D eigenvalue weighted by molar-refractivity contribution is -0.139. The molecule has 2 aliphatic heterocycles. The number of fused-ring (bicyclic) bond motifs is 1. The fraction of sp³-hybridized carbons (Fsp3) is 0.579. The van der Waals surface area contributed by atoms with Gasteiger partial charge in [-0.15, -0.1) is 0 Å². The summed E-state index contributed by atoms with van der Waals surface area (Å²) in [6, 6.07) is 6.41. The van der Waals surface area contributed by atoms with Crippen molar-refractivity contribution in [1.82, 2.24) is 9.80 Å². The quantitative estimate of drug-likeness (QED) is 0.824. The lowest BCUT2D eigenvalue weighted by atomic mass is 9.83.